The van der Waals surface area contributed by atoms with Gasteiger partial charge in [0, 0.05) is 13.6 Å². The minimum absolute atomic E-state index is 0.427. The number of carboxylic acid groups (broad SMARTS) is 1. The average Bonchev–Trinajstić information content (AvgIpc) is 1.87. The lowest BCUT2D eigenvalue weighted by Gasteiger charge is -2.10. The topological polar surface area (TPSA) is 69.6 Å². The Morgan fingerprint density at radius 3 is 2.40 bits per heavy atom. The SMILES string of the molecule is CCNC(=O)N(C)C(=O)O. The van der Waals surface area contributed by atoms with Crippen molar-refractivity contribution in [2.75, 3.05) is 13.6 Å². The zero-order chi connectivity index (χ0) is 8.15. The molecule has 3 amide bonds. The van der Waals surface area contributed by atoms with Crippen molar-refractivity contribution < 1.29 is 14.7 Å². The Labute approximate surface area is 58.6 Å². The molecule has 0 saturated heterocycles. The number of urea groups is 1. The molecule has 5 nitrogen and oxygen atoms in total. The van der Waals surface area contributed by atoms with E-state index in [1.165, 1.54) is 7.05 Å². The molecule has 0 spiro atoms. The first-order valence-corrected chi connectivity index (χ1v) is 2.84. The standard InChI is InChI=1S/C5H10N2O3/c1-3-6-4(8)7(2)5(9)10/h3H2,1-2H3,(H,6,8)(H,9,10). The minimum Gasteiger partial charge on any atom is -0.465 e. The molecule has 0 rings (SSSR count). The van der Waals surface area contributed by atoms with Gasteiger partial charge < -0.3 is 10.4 Å². The van der Waals surface area contributed by atoms with Crippen LogP contribution in [0.1, 0.15) is 6.92 Å². The minimum atomic E-state index is -1.26. The summed E-state index contributed by atoms with van der Waals surface area (Å²) in [6.45, 7) is 2.14. The maximum Gasteiger partial charge on any atom is 0.415 e. The first-order chi connectivity index (χ1) is 4.59. The largest absolute Gasteiger partial charge is 0.465 e. The first kappa shape index (κ1) is 8.74. The molecule has 5 heteroatoms. The van der Waals surface area contributed by atoms with Gasteiger partial charge in [0.05, 0.1) is 0 Å². The summed E-state index contributed by atoms with van der Waals surface area (Å²) in [5, 5.41) is 10.6. The van der Waals surface area contributed by atoms with Gasteiger partial charge in [0.15, 0.2) is 0 Å². The molecule has 0 aromatic heterocycles. The van der Waals surface area contributed by atoms with E-state index in [1.807, 2.05) is 0 Å². The number of rotatable bonds is 1. The van der Waals surface area contributed by atoms with Gasteiger partial charge in [0.2, 0.25) is 0 Å². The zero-order valence-electron chi connectivity index (χ0n) is 5.92. The Morgan fingerprint density at radius 2 is 2.10 bits per heavy atom. The van der Waals surface area contributed by atoms with Crippen LogP contribution in [0.25, 0.3) is 0 Å². The van der Waals surface area contributed by atoms with Gasteiger partial charge in [-0.2, -0.15) is 0 Å². The summed E-state index contributed by atoms with van der Waals surface area (Å²) in [5.41, 5.74) is 0. The third-order valence-electron chi connectivity index (χ3n) is 0.920. The van der Waals surface area contributed by atoms with E-state index in [2.05, 4.69) is 5.32 Å². The lowest BCUT2D eigenvalue weighted by atomic mass is 10.7. The van der Waals surface area contributed by atoms with Crippen molar-refractivity contribution in [2.24, 2.45) is 0 Å². The van der Waals surface area contributed by atoms with Crippen molar-refractivity contribution in [3.63, 3.8) is 0 Å². The molecule has 0 unspecified atom stereocenters. The molecule has 0 saturated carbocycles. The number of nitrogens with zero attached hydrogens (tertiary/aromatic N) is 1. The molecule has 0 atom stereocenters. The highest BCUT2D eigenvalue weighted by Gasteiger charge is 2.12. The molecular weight excluding hydrogens is 136 g/mol. The van der Waals surface area contributed by atoms with Crippen molar-refractivity contribution in [2.45, 2.75) is 6.92 Å². The second-order valence-electron chi connectivity index (χ2n) is 1.68. The number of carbonyl (C=O) groups is 2. The van der Waals surface area contributed by atoms with E-state index in [0.29, 0.717) is 11.4 Å². The summed E-state index contributed by atoms with van der Waals surface area (Å²) < 4.78 is 0. The van der Waals surface area contributed by atoms with E-state index < -0.39 is 12.1 Å². The second kappa shape index (κ2) is 3.71. The second-order valence-corrected chi connectivity index (χ2v) is 1.68. The van der Waals surface area contributed by atoms with Gasteiger partial charge in [-0.3, -0.25) is 0 Å². The number of nitrogens with one attached hydrogen (secondary N) is 1. The predicted octanol–water partition coefficient (Wildman–Crippen LogP) is 0.326. The fourth-order valence-electron chi connectivity index (χ4n) is 0.357. The van der Waals surface area contributed by atoms with E-state index in [0.717, 1.165) is 0 Å². The van der Waals surface area contributed by atoms with Crippen LogP contribution in [0.2, 0.25) is 0 Å². The maximum absolute atomic E-state index is 10.6. The van der Waals surface area contributed by atoms with Crippen LogP contribution in [-0.4, -0.2) is 35.7 Å². The summed E-state index contributed by atoms with van der Waals surface area (Å²) in [4.78, 5) is 21.3. The van der Waals surface area contributed by atoms with Crippen molar-refractivity contribution in [3.05, 3.63) is 0 Å². The molecule has 0 heterocycles. The van der Waals surface area contributed by atoms with Crippen LogP contribution in [0.3, 0.4) is 0 Å². The maximum atomic E-state index is 10.6. The van der Waals surface area contributed by atoms with E-state index in [-0.39, 0.29) is 0 Å². The van der Waals surface area contributed by atoms with Gasteiger partial charge in [-0.15, -0.1) is 0 Å². The van der Waals surface area contributed by atoms with Crippen LogP contribution in [0.4, 0.5) is 9.59 Å². The van der Waals surface area contributed by atoms with Crippen LogP contribution in [0.15, 0.2) is 0 Å². The summed E-state index contributed by atoms with van der Waals surface area (Å²) in [6.07, 6.45) is -1.26. The van der Waals surface area contributed by atoms with E-state index in [4.69, 9.17) is 5.11 Å². The van der Waals surface area contributed by atoms with E-state index in [9.17, 15) is 9.59 Å². The summed E-state index contributed by atoms with van der Waals surface area (Å²) in [6, 6.07) is -0.602. The Hall–Kier alpha value is -1.26. The molecule has 0 aliphatic rings. The van der Waals surface area contributed by atoms with Gasteiger partial charge in [0.25, 0.3) is 0 Å². The molecule has 58 valence electrons. The normalized spacial score (nSPS) is 8.60. The van der Waals surface area contributed by atoms with Gasteiger partial charge in [-0.25, -0.2) is 14.5 Å². The third kappa shape index (κ3) is 2.34. The quantitative estimate of drug-likeness (QED) is 0.560. The van der Waals surface area contributed by atoms with Gasteiger partial charge in [-0.05, 0) is 6.92 Å². The lowest BCUT2D eigenvalue weighted by Crippen LogP contribution is -2.40. The highest BCUT2D eigenvalue weighted by atomic mass is 16.4. The molecule has 0 aromatic rings. The molecule has 10 heavy (non-hydrogen) atoms. The smallest absolute Gasteiger partial charge is 0.415 e. The molecule has 0 aromatic carbocycles. The molecule has 0 radical (unpaired) electrons. The number of imide groups is 1. The Bertz CT molecular complexity index is 146. The van der Waals surface area contributed by atoms with Crippen LogP contribution < -0.4 is 5.32 Å². The molecule has 0 aliphatic heterocycles. The number of hydrogen-bond acceptors (Lipinski definition) is 2. The third-order valence-corrected chi connectivity index (χ3v) is 0.920. The molecule has 2 N–H and O–H groups in total. The van der Waals surface area contributed by atoms with Gasteiger partial charge in [-0.1, -0.05) is 0 Å². The highest BCUT2D eigenvalue weighted by Crippen LogP contribution is 1.83. The Morgan fingerprint density at radius 1 is 1.60 bits per heavy atom. The van der Waals surface area contributed by atoms with Crippen LogP contribution in [0.5, 0.6) is 0 Å². The molecule has 0 aliphatic carbocycles. The van der Waals surface area contributed by atoms with Crippen molar-refractivity contribution in [1.29, 1.82) is 0 Å². The summed E-state index contributed by atoms with van der Waals surface area (Å²) in [5.74, 6) is 0. The lowest BCUT2D eigenvalue weighted by molar-refractivity contribution is 0.157. The van der Waals surface area contributed by atoms with Crippen LogP contribution in [-0.2, 0) is 0 Å². The molecular formula is C5H10N2O3. The van der Waals surface area contributed by atoms with Gasteiger partial charge >= 0.3 is 12.1 Å². The monoisotopic (exact) mass is 146 g/mol. The van der Waals surface area contributed by atoms with Crippen molar-refractivity contribution >= 4 is 12.1 Å². The van der Waals surface area contributed by atoms with Crippen molar-refractivity contribution in [1.82, 2.24) is 10.2 Å². The number of carbonyl (C=O) groups excluding carboxylic acids is 1. The van der Waals surface area contributed by atoms with Crippen LogP contribution >= 0.6 is 0 Å². The summed E-state index contributed by atoms with van der Waals surface area (Å²) >= 11 is 0. The molecule has 0 bridgehead atoms. The number of amides is 3. The Balaban J connectivity index is 3.82. The van der Waals surface area contributed by atoms with E-state index >= 15 is 0 Å². The van der Waals surface area contributed by atoms with Crippen molar-refractivity contribution in [3.8, 4) is 0 Å². The predicted molar refractivity (Wildman–Crippen MR) is 34.9 cm³/mol. The highest BCUT2D eigenvalue weighted by molar-refractivity contribution is 5.89. The first-order valence-electron chi connectivity index (χ1n) is 2.84. The van der Waals surface area contributed by atoms with E-state index in [1.54, 1.807) is 6.92 Å². The van der Waals surface area contributed by atoms with Gasteiger partial charge in [0.1, 0.15) is 0 Å². The zero-order valence-corrected chi connectivity index (χ0v) is 5.92. The fraction of sp³-hybridized carbons (Fsp3) is 0.600. The van der Waals surface area contributed by atoms with Crippen LogP contribution in [0, 0.1) is 0 Å². The molecule has 0 fully saturated rings. The Kier molecular flexibility index (Phi) is 3.24. The average molecular weight is 146 g/mol. The summed E-state index contributed by atoms with van der Waals surface area (Å²) in [7, 11) is 1.19. The fourth-order valence-corrected chi connectivity index (χ4v) is 0.357. The number of hydrogen-bond donors (Lipinski definition) is 2.